The van der Waals surface area contributed by atoms with Gasteiger partial charge in [-0.2, -0.15) is 0 Å². The van der Waals surface area contributed by atoms with Gasteiger partial charge in [-0.3, -0.25) is 4.79 Å². The van der Waals surface area contributed by atoms with Gasteiger partial charge in [0.1, 0.15) is 5.75 Å². The van der Waals surface area contributed by atoms with Crippen molar-refractivity contribution in [2.24, 2.45) is 0 Å². The quantitative estimate of drug-likeness (QED) is 0.712. The highest BCUT2D eigenvalue weighted by atomic mass is 35.5. The van der Waals surface area contributed by atoms with Crippen LogP contribution in [0, 0.1) is 0 Å². The van der Waals surface area contributed by atoms with Crippen molar-refractivity contribution in [3.05, 3.63) is 29.8 Å². The average molecular weight is 300 g/mol. The lowest BCUT2D eigenvalue weighted by Gasteiger charge is -2.19. The van der Waals surface area contributed by atoms with Gasteiger partial charge in [0.25, 0.3) is 0 Å². The van der Waals surface area contributed by atoms with Gasteiger partial charge in [0.15, 0.2) is 0 Å². The molecule has 0 aromatic heterocycles. The molecule has 4 nitrogen and oxygen atoms in total. The maximum Gasteiger partial charge on any atom is 0.304 e. The Hall–Kier alpha value is -1.26. The fraction of sp³-hybridized carbons (Fsp3) is 0.533. The molecule has 1 atom stereocenters. The summed E-state index contributed by atoms with van der Waals surface area (Å²) >= 11 is 6.34. The minimum absolute atomic E-state index is 0.129. The molecule has 1 unspecified atom stereocenters. The Balaban J connectivity index is 2.46. The number of halogens is 1. The minimum Gasteiger partial charge on any atom is -0.494 e. The number of carboxylic acid groups (broad SMARTS) is 1. The van der Waals surface area contributed by atoms with Crippen LogP contribution >= 0.6 is 11.6 Å². The molecule has 112 valence electrons. The topological polar surface area (TPSA) is 49.8 Å². The van der Waals surface area contributed by atoms with Gasteiger partial charge in [0.2, 0.25) is 0 Å². The van der Waals surface area contributed by atoms with Crippen molar-refractivity contribution in [2.75, 3.05) is 26.7 Å². The van der Waals surface area contributed by atoms with Crippen LogP contribution in [-0.2, 0) is 4.79 Å². The fourth-order valence-corrected chi connectivity index (χ4v) is 2.13. The van der Waals surface area contributed by atoms with Crippen molar-refractivity contribution in [2.45, 2.75) is 25.1 Å². The highest BCUT2D eigenvalue weighted by Gasteiger charge is 2.12. The third-order valence-corrected chi connectivity index (χ3v) is 3.28. The number of likely N-dealkylation sites (N-methyl/N-ethyl adjacent to an activating group) is 1. The Labute approximate surface area is 125 Å². The normalized spacial score (nSPS) is 12.4. The van der Waals surface area contributed by atoms with E-state index in [4.69, 9.17) is 21.4 Å². The second-order valence-electron chi connectivity index (χ2n) is 4.79. The number of benzene rings is 1. The van der Waals surface area contributed by atoms with Gasteiger partial charge >= 0.3 is 5.97 Å². The van der Waals surface area contributed by atoms with Crippen molar-refractivity contribution in [3.8, 4) is 5.75 Å². The highest BCUT2D eigenvalue weighted by molar-refractivity contribution is 6.21. The van der Waals surface area contributed by atoms with Crippen LogP contribution in [-0.4, -0.2) is 42.7 Å². The maximum absolute atomic E-state index is 10.5. The maximum atomic E-state index is 10.5. The smallest absolute Gasteiger partial charge is 0.304 e. The zero-order valence-corrected chi connectivity index (χ0v) is 12.8. The van der Waals surface area contributed by atoms with E-state index < -0.39 is 5.97 Å². The number of rotatable bonds is 9. The number of aliphatic carboxylic acids is 1. The number of hydrogen-bond donors (Lipinski definition) is 1. The van der Waals surface area contributed by atoms with Gasteiger partial charge < -0.3 is 14.7 Å². The Morgan fingerprint density at radius 2 is 2.05 bits per heavy atom. The summed E-state index contributed by atoms with van der Waals surface area (Å²) in [5.41, 5.74) is 1.01. The molecule has 0 spiro atoms. The number of ether oxygens (including phenoxy) is 1. The van der Waals surface area contributed by atoms with Crippen LogP contribution in [0.1, 0.15) is 30.7 Å². The van der Waals surface area contributed by atoms with Crippen molar-refractivity contribution >= 4 is 17.6 Å². The summed E-state index contributed by atoms with van der Waals surface area (Å²) in [6, 6.07) is 7.73. The van der Waals surface area contributed by atoms with Crippen molar-refractivity contribution in [1.29, 1.82) is 0 Å². The molecule has 1 aromatic rings. The Bertz CT molecular complexity index is 408. The van der Waals surface area contributed by atoms with E-state index in [2.05, 4.69) is 6.92 Å². The Kier molecular flexibility index (Phi) is 7.41. The first kappa shape index (κ1) is 16.8. The molecule has 0 radical (unpaired) electrons. The predicted molar refractivity (Wildman–Crippen MR) is 80.6 cm³/mol. The average Bonchev–Trinajstić information content (AvgIpc) is 2.43. The molecule has 0 saturated carbocycles. The third-order valence-electron chi connectivity index (χ3n) is 2.89. The summed E-state index contributed by atoms with van der Waals surface area (Å²) in [4.78, 5) is 12.4. The molecule has 0 bridgehead atoms. The molecule has 0 amide bonds. The molecule has 1 rings (SSSR count). The fourth-order valence-electron chi connectivity index (χ4n) is 1.75. The minimum atomic E-state index is -0.791. The molecule has 20 heavy (non-hydrogen) atoms. The zero-order valence-electron chi connectivity index (χ0n) is 12.0. The highest BCUT2D eigenvalue weighted by Crippen LogP contribution is 2.23. The zero-order chi connectivity index (χ0) is 15.0. The van der Waals surface area contributed by atoms with E-state index in [1.165, 1.54) is 0 Å². The number of nitrogens with zero attached hydrogens (tertiary/aromatic N) is 1. The molecule has 0 fully saturated rings. The Morgan fingerprint density at radius 1 is 1.40 bits per heavy atom. The van der Waals surface area contributed by atoms with E-state index in [1.807, 2.05) is 36.2 Å². The number of hydrogen-bond acceptors (Lipinski definition) is 3. The molecule has 0 saturated heterocycles. The van der Waals surface area contributed by atoms with Gasteiger partial charge in [0.05, 0.1) is 18.4 Å². The number of carbonyl (C=O) groups is 1. The van der Waals surface area contributed by atoms with E-state index in [0.717, 1.165) is 17.7 Å². The molecule has 0 heterocycles. The van der Waals surface area contributed by atoms with Crippen LogP contribution in [0.4, 0.5) is 0 Å². The molecule has 5 heteroatoms. The third kappa shape index (κ3) is 6.26. The van der Waals surface area contributed by atoms with Crippen molar-refractivity contribution in [3.63, 3.8) is 0 Å². The van der Waals surface area contributed by atoms with E-state index in [0.29, 0.717) is 19.7 Å². The number of carboxylic acids is 1. The summed E-state index contributed by atoms with van der Waals surface area (Å²) < 4.78 is 5.52. The molecule has 1 N–H and O–H groups in total. The Morgan fingerprint density at radius 3 is 2.60 bits per heavy atom. The second kappa shape index (κ2) is 8.82. The molecule has 1 aromatic carbocycles. The lowest BCUT2D eigenvalue weighted by atomic mass is 10.1. The van der Waals surface area contributed by atoms with E-state index in [9.17, 15) is 4.79 Å². The second-order valence-corrected chi connectivity index (χ2v) is 5.32. The first-order valence-corrected chi connectivity index (χ1v) is 7.23. The van der Waals surface area contributed by atoms with Gasteiger partial charge in [-0.15, -0.1) is 11.6 Å². The van der Waals surface area contributed by atoms with Crippen LogP contribution in [0.5, 0.6) is 5.75 Å². The van der Waals surface area contributed by atoms with E-state index >= 15 is 0 Å². The van der Waals surface area contributed by atoms with Crippen LogP contribution in [0.3, 0.4) is 0 Å². The van der Waals surface area contributed by atoms with Crippen molar-refractivity contribution < 1.29 is 14.6 Å². The monoisotopic (exact) mass is 299 g/mol. The first-order chi connectivity index (χ1) is 9.52. The van der Waals surface area contributed by atoms with Gasteiger partial charge in [-0.25, -0.2) is 0 Å². The summed E-state index contributed by atoms with van der Waals surface area (Å²) in [6.45, 7) is 3.89. The largest absolute Gasteiger partial charge is 0.494 e. The van der Waals surface area contributed by atoms with E-state index in [-0.39, 0.29) is 11.8 Å². The van der Waals surface area contributed by atoms with Gasteiger partial charge in [-0.05, 0) is 31.2 Å². The summed E-state index contributed by atoms with van der Waals surface area (Å²) in [5, 5.41) is 8.48. The van der Waals surface area contributed by atoms with E-state index in [1.54, 1.807) is 0 Å². The first-order valence-electron chi connectivity index (χ1n) is 6.80. The summed E-state index contributed by atoms with van der Waals surface area (Å²) in [7, 11) is 1.87. The molecule has 0 aliphatic heterocycles. The predicted octanol–water partition coefficient (Wildman–Crippen LogP) is 3.16. The standard InChI is InChI=1S/C15H22ClNO3/c1-3-10-20-13-6-4-12(5-7-13)14(16)11-17(2)9-8-15(18)19/h4-7,14H,3,8-11H2,1-2H3,(H,18,19). The molecule has 0 aliphatic rings. The SMILES string of the molecule is CCCOc1ccc(C(Cl)CN(C)CCC(=O)O)cc1. The lowest BCUT2D eigenvalue weighted by Crippen LogP contribution is -2.25. The van der Waals surface area contributed by atoms with Crippen LogP contribution in [0.25, 0.3) is 0 Å². The number of alkyl halides is 1. The van der Waals surface area contributed by atoms with Crippen molar-refractivity contribution in [1.82, 2.24) is 4.90 Å². The summed E-state index contributed by atoms with van der Waals surface area (Å²) in [5.74, 6) is 0.0547. The van der Waals surface area contributed by atoms with Gasteiger partial charge in [-0.1, -0.05) is 19.1 Å². The van der Waals surface area contributed by atoms with Gasteiger partial charge in [0, 0.05) is 13.1 Å². The lowest BCUT2D eigenvalue weighted by molar-refractivity contribution is -0.137. The molecular formula is C15H22ClNO3. The van der Waals surface area contributed by atoms with Crippen LogP contribution in [0.15, 0.2) is 24.3 Å². The van der Waals surface area contributed by atoms with Crippen LogP contribution < -0.4 is 4.74 Å². The molecule has 0 aliphatic carbocycles. The summed E-state index contributed by atoms with van der Waals surface area (Å²) in [6.07, 6.45) is 1.11. The molecular weight excluding hydrogens is 278 g/mol. The van der Waals surface area contributed by atoms with Crippen LogP contribution in [0.2, 0.25) is 0 Å².